The lowest BCUT2D eigenvalue weighted by Crippen LogP contribution is -1.91. The van der Waals surface area contributed by atoms with E-state index in [0.29, 0.717) is 17.1 Å². The second-order valence-corrected chi connectivity index (χ2v) is 3.02. The molecule has 0 spiro atoms. The van der Waals surface area contributed by atoms with Crippen molar-refractivity contribution in [2.24, 2.45) is 0 Å². The third-order valence-corrected chi connectivity index (χ3v) is 1.85. The Morgan fingerprint density at radius 2 is 1.86 bits per heavy atom. The van der Waals surface area contributed by atoms with Crippen molar-refractivity contribution in [3.05, 3.63) is 35.9 Å². The monoisotopic (exact) mass is 206 g/mol. The molecule has 2 rings (SSSR count). The zero-order chi connectivity index (χ0) is 9.97. The van der Waals surface area contributed by atoms with Gasteiger partial charge in [-0.25, -0.2) is 9.97 Å². The average Bonchev–Trinajstić information content (AvgIpc) is 2.18. The van der Waals surface area contributed by atoms with E-state index in [-0.39, 0.29) is 5.28 Å². The van der Waals surface area contributed by atoms with Crippen LogP contribution in [0.1, 0.15) is 0 Å². The molecule has 0 aliphatic carbocycles. The van der Waals surface area contributed by atoms with E-state index in [2.05, 4.69) is 15.0 Å². The highest BCUT2D eigenvalue weighted by Crippen LogP contribution is 2.16. The van der Waals surface area contributed by atoms with Crippen molar-refractivity contribution in [2.75, 3.05) is 5.73 Å². The molecular weight excluding hydrogens is 200 g/mol. The van der Waals surface area contributed by atoms with E-state index in [4.69, 9.17) is 17.3 Å². The van der Waals surface area contributed by atoms with E-state index in [1.165, 1.54) is 0 Å². The van der Waals surface area contributed by atoms with Gasteiger partial charge < -0.3 is 5.73 Å². The van der Waals surface area contributed by atoms with Crippen molar-refractivity contribution in [3.63, 3.8) is 0 Å². The Labute approximate surface area is 85.8 Å². The topological polar surface area (TPSA) is 64.7 Å². The maximum absolute atomic E-state index is 5.65. The van der Waals surface area contributed by atoms with Gasteiger partial charge in [0.05, 0.1) is 11.4 Å². The van der Waals surface area contributed by atoms with Crippen LogP contribution in [-0.4, -0.2) is 15.0 Å². The van der Waals surface area contributed by atoms with Crippen molar-refractivity contribution in [1.29, 1.82) is 0 Å². The average molecular weight is 207 g/mol. The molecule has 0 unspecified atom stereocenters. The molecule has 0 atom stereocenters. The summed E-state index contributed by atoms with van der Waals surface area (Å²) in [4.78, 5) is 11.9. The molecule has 2 aromatic heterocycles. The van der Waals surface area contributed by atoms with Gasteiger partial charge >= 0.3 is 0 Å². The number of anilines is 1. The summed E-state index contributed by atoms with van der Waals surface area (Å²) < 4.78 is 0. The number of aromatic nitrogens is 3. The summed E-state index contributed by atoms with van der Waals surface area (Å²) in [5.41, 5.74) is 7.61. The normalized spacial score (nSPS) is 10.1. The highest BCUT2D eigenvalue weighted by molar-refractivity contribution is 6.28. The number of pyridine rings is 1. The van der Waals surface area contributed by atoms with E-state index >= 15 is 0 Å². The van der Waals surface area contributed by atoms with Gasteiger partial charge in [-0.1, -0.05) is 0 Å². The Hall–Kier alpha value is -1.68. The Bertz CT molecular complexity index is 415. The smallest absolute Gasteiger partial charge is 0.222 e. The van der Waals surface area contributed by atoms with Gasteiger partial charge in [-0.3, -0.25) is 4.98 Å². The van der Waals surface area contributed by atoms with Crippen LogP contribution >= 0.6 is 11.6 Å². The van der Waals surface area contributed by atoms with Crippen molar-refractivity contribution in [3.8, 4) is 11.4 Å². The van der Waals surface area contributed by atoms with Crippen molar-refractivity contribution < 1.29 is 0 Å². The van der Waals surface area contributed by atoms with E-state index in [1.54, 1.807) is 30.6 Å². The van der Waals surface area contributed by atoms with Crippen molar-refractivity contribution >= 4 is 17.3 Å². The van der Waals surface area contributed by atoms with Crippen LogP contribution in [-0.2, 0) is 0 Å². The van der Waals surface area contributed by atoms with Crippen LogP contribution in [0.3, 0.4) is 0 Å². The van der Waals surface area contributed by atoms with Gasteiger partial charge in [0.15, 0.2) is 0 Å². The summed E-state index contributed by atoms with van der Waals surface area (Å²) in [5.74, 6) is 0. The molecule has 14 heavy (non-hydrogen) atoms. The lowest BCUT2D eigenvalue weighted by atomic mass is 10.2. The molecule has 0 aliphatic rings. The fourth-order valence-corrected chi connectivity index (χ4v) is 1.21. The van der Waals surface area contributed by atoms with E-state index < -0.39 is 0 Å². The number of nitrogens with zero attached hydrogens (tertiary/aromatic N) is 3. The minimum Gasteiger partial charge on any atom is -0.399 e. The lowest BCUT2D eigenvalue weighted by Gasteiger charge is -2.00. The highest BCUT2D eigenvalue weighted by Gasteiger charge is 2.01. The molecule has 70 valence electrons. The van der Waals surface area contributed by atoms with Gasteiger partial charge in [0.2, 0.25) is 5.28 Å². The maximum Gasteiger partial charge on any atom is 0.222 e. The second-order valence-electron chi connectivity index (χ2n) is 2.69. The molecule has 0 fully saturated rings. The first-order valence-corrected chi connectivity index (χ1v) is 4.34. The third-order valence-electron chi connectivity index (χ3n) is 1.67. The fourth-order valence-electron chi connectivity index (χ4n) is 1.06. The predicted molar refractivity (Wildman–Crippen MR) is 54.7 cm³/mol. The molecule has 0 radical (unpaired) electrons. The zero-order valence-electron chi connectivity index (χ0n) is 7.18. The molecule has 0 amide bonds. The zero-order valence-corrected chi connectivity index (χ0v) is 7.94. The van der Waals surface area contributed by atoms with Gasteiger partial charge in [0.25, 0.3) is 0 Å². The van der Waals surface area contributed by atoms with Gasteiger partial charge in [0.1, 0.15) is 0 Å². The number of nitrogens with two attached hydrogens (primary N) is 1. The van der Waals surface area contributed by atoms with Gasteiger partial charge in [0, 0.05) is 18.1 Å². The van der Waals surface area contributed by atoms with Crippen LogP contribution in [0.15, 0.2) is 30.6 Å². The van der Waals surface area contributed by atoms with Gasteiger partial charge in [-0.2, -0.15) is 0 Å². The molecule has 2 heterocycles. The van der Waals surface area contributed by atoms with Crippen LogP contribution in [0.5, 0.6) is 0 Å². The van der Waals surface area contributed by atoms with Crippen LogP contribution < -0.4 is 5.73 Å². The Kier molecular flexibility index (Phi) is 2.28. The van der Waals surface area contributed by atoms with E-state index in [9.17, 15) is 0 Å². The minimum absolute atomic E-state index is 0.201. The molecular formula is C9H7ClN4. The molecule has 5 heteroatoms. The summed E-state index contributed by atoms with van der Waals surface area (Å²) in [6.07, 6.45) is 3.20. The van der Waals surface area contributed by atoms with Crippen molar-refractivity contribution in [1.82, 2.24) is 15.0 Å². The second kappa shape index (κ2) is 3.59. The first-order chi connectivity index (χ1) is 6.75. The molecule has 4 nitrogen and oxygen atoms in total. The summed E-state index contributed by atoms with van der Waals surface area (Å²) >= 11 is 5.65. The van der Waals surface area contributed by atoms with Crippen LogP contribution in [0.25, 0.3) is 11.4 Å². The maximum atomic E-state index is 5.65. The van der Waals surface area contributed by atoms with Crippen LogP contribution in [0.2, 0.25) is 5.28 Å². The summed E-state index contributed by atoms with van der Waals surface area (Å²) in [6, 6.07) is 5.18. The third kappa shape index (κ3) is 1.80. The first-order valence-electron chi connectivity index (χ1n) is 3.96. The highest BCUT2D eigenvalue weighted by atomic mass is 35.5. The molecule has 0 aliphatic heterocycles. The fraction of sp³-hybridized carbons (Fsp3) is 0. The van der Waals surface area contributed by atoms with Crippen LogP contribution in [0.4, 0.5) is 5.69 Å². The summed E-state index contributed by atoms with van der Waals surface area (Å²) in [5, 5.41) is 0.201. The Morgan fingerprint density at radius 1 is 1.07 bits per heavy atom. The number of nitrogen functional groups attached to an aromatic ring is 1. The quantitative estimate of drug-likeness (QED) is 0.723. The van der Waals surface area contributed by atoms with Crippen molar-refractivity contribution in [2.45, 2.75) is 0 Å². The van der Waals surface area contributed by atoms with Crippen LogP contribution in [0, 0.1) is 0 Å². The summed E-state index contributed by atoms with van der Waals surface area (Å²) in [6.45, 7) is 0. The minimum atomic E-state index is 0.201. The Balaban J connectivity index is 2.49. The number of hydrogen-bond acceptors (Lipinski definition) is 4. The molecule has 0 aromatic carbocycles. The SMILES string of the molecule is Nc1ccnc(-c2ccnc(Cl)n2)c1. The molecule has 2 N–H and O–H groups in total. The predicted octanol–water partition coefficient (Wildman–Crippen LogP) is 1.77. The largest absolute Gasteiger partial charge is 0.399 e. The van der Waals surface area contributed by atoms with Gasteiger partial charge in [-0.05, 0) is 29.8 Å². The first kappa shape index (κ1) is 8.90. The van der Waals surface area contributed by atoms with Gasteiger partial charge in [-0.15, -0.1) is 0 Å². The van der Waals surface area contributed by atoms with E-state index in [0.717, 1.165) is 0 Å². The van der Waals surface area contributed by atoms with E-state index in [1.807, 2.05) is 0 Å². The molecule has 0 bridgehead atoms. The summed E-state index contributed by atoms with van der Waals surface area (Å²) in [7, 11) is 0. The molecule has 0 saturated heterocycles. The molecule has 2 aromatic rings. The standard InChI is InChI=1S/C9H7ClN4/c10-9-13-4-2-7(14-9)8-5-6(11)1-3-12-8/h1-5H,(H2,11,12). The number of halogens is 1. The Morgan fingerprint density at radius 3 is 2.57 bits per heavy atom. The molecule has 0 saturated carbocycles. The number of hydrogen-bond donors (Lipinski definition) is 1. The number of rotatable bonds is 1. The lowest BCUT2D eigenvalue weighted by molar-refractivity contribution is 1.15.